The molecule has 3 rings (SSSR count). The molecule has 6 heteroatoms. The van der Waals surface area contributed by atoms with Gasteiger partial charge in [-0.25, -0.2) is 0 Å². The van der Waals surface area contributed by atoms with Crippen molar-refractivity contribution in [2.75, 3.05) is 16.9 Å². The maximum absolute atomic E-state index is 12.5. The second kappa shape index (κ2) is 8.51. The fourth-order valence-electron chi connectivity index (χ4n) is 2.54. The molecule has 2 aromatic carbocycles. The molecule has 0 spiro atoms. The number of hydrogen-bond acceptors (Lipinski definition) is 4. The fraction of sp³-hybridized carbons (Fsp3) is 0.143. The van der Waals surface area contributed by atoms with Crippen molar-refractivity contribution >= 4 is 34.5 Å². The molecule has 1 heterocycles. The van der Waals surface area contributed by atoms with Crippen LogP contribution >= 0.6 is 11.3 Å². The van der Waals surface area contributed by atoms with E-state index >= 15 is 0 Å². The molecule has 0 atom stereocenters. The van der Waals surface area contributed by atoms with Gasteiger partial charge in [-0.3, -0.25) is 20.0 Å². The van der Waals surface area contributed by atoms with Crippen LogP contribution in [0.2, 0.25) is 0 Å². The van der Waals surface area contributed by atoms with Crippen LogP contribution in [0.1, 0.15) is 32.5 Å². The van der Waals surface area contributed by atoms with Crippen LogP contribution in [0.25, 0.3) is 0 Å². The summed E-state index contributed by atoms with van der Waals surface area (Å²) in [6, 6.07) is 18.4. The number of nitrogens with one attached hydrogen (secondary N) is 2. The molecule has 0 radical (unpaired) electrons. The summed E-state index contributed by atoms with van der Waals surface area (Å²) in [4.78, 5) is 25.3. The number of rotatable bonds is 6. The number of aryl methyl sites for hydroxylation is 1. The van der Waals surface area contributed by atoms with Crippen molar-refractivity contribution in [3.63, 3.8) is 0 Å². The average molecular weight is 379 g/mol. The van der Waals surface area contributed by atoms with Crippen molar-refractivity contribution in [3.05, 3.63) is 82.0 Å². The smallest absolute Gasteiger partial charge is 0.269 e. The average Bonchev–Trinajstić information content (AvgIpc) is 3.22. The van der Waals surface area contributed by atoms with Gasteiger partial charge in [-0.2, -0.15) is 0 Å². The van der Waals surface area contributed by atoms with E-state index in [2.05, 4.69) is 10.7 Å². The van der Waals surface area contributed by atoms with Crippen LogP contribution in [-0.4, -0.2) is 18.4 Å². The number of anilines is 2. The molecule has 0 unspecified atom stereocenters. The molecule has 0 saturated carbocycles. The minimum absolute atomic E-state index is 0.154. The molecule has 138 valence electrons. The Labute approximate surface area is 162 Å². The second-order valence-electron chi connectivity index (χ2n) is 6.03. The highest BCUT2D eigenvalue weighted by Crippen LogP contribution is 2.16. The number of carbonyl (C=O) groups excluding carboxylic acids is 2. The molecule has 0 bridgehead atoms. The van der Waals surface area contributed by atoms with Gasteiger partial charge in [-0.05, 0) is 61.7 Å². The van der Waals surface area contributed by atoms with Gasteiger partial charge >= 0.3 is 0 Å². The highest BCUT2D eigenvalue weighted by atomic mass is 32.1. The Kier molecular flexibility index (Phi) is 5.88. The molecule has 3 aromatic rings. The fourth-order valence-corrected chi connectivity index (χ4v) is 3.16. The van der Waals surface area contributed by atoms with Crippen LogP contribution in [-0.2, 0) is 0 Å². The van der Waals surface area contributed by atoms with Crippen LogP contribution in [0.4, 0.5) is 11.4 Å². The summed E-state index contributed by atoms with van der Waals surface area (Å²) < 4.78 is 0. The minimum atomic E-state index is -0.200. The lowest BCUT2D eigenvalue weighted by Crippen LogP contribution is -2.42. The monoisotopic (exact) mass is 379 g/mol. The highest BCUT2D eigenvalue weighted by Gasteiger charge is 2.12. The molecule has 0 aliphatic carbocycles. The first kappa shape index (κ1) is 18.7. The van der Waals surface area contributed by atoms with Gasteiger partial charge in [0, 0.05) is 17.8 Å². The molecule has 1 aromatic heterocycles. The van der Waals surface area contributed by atoms with E-state index in [1.54, 1.807) is 35.3 Å². The summed E-state index contributed by atoms with van der Waals surface area (Å²) in [7, 11) is 0. The molecule has 0 aliphatic heterocycles. The van der Waals surface area contributed by atoms with E-state index in [9.17, 15) is 9.59 Å². The summed E-state index contributed by atoms with van der Waals surface area (Å²) in [5, 5.41) is 6.48. The number of amides is 2. The van der Waals surface area contributed by atoms with Crippen LogP contribution in [0.3, 0.4) is 0 Å². The molecule has 0 saturated heterocycles. The third kappa shape index (κ3) is 4.74. The Balaban J connectivity index is 1.64. The molecule has 0 fully saturated rings. The lowest BCUT2D eigenvalue weighted by Gasteiger charge is -2.24. The predicted octanol–water partition coefficient (Wildman–Crippen LogP) is 4.48. The predicted molar refractivity (Wildman–Crippen MR) is 110 cm³/mol. The summed E-state index contributed by atoms with van der Waals surface area (Å²) in [6.45, 7) is 4.64. The normalized spacial score (nSPS) is 10.3. The Morgan fingerprint density at radius 2 is 1.67 bits per heavy atom. The largest absolute Gasteiger partial charge is 0.321 e. The Hall–Kier alpha value is -3.12. The molecule has 27 heavy (non-hydrogen) atoms. The van der Waals surface area contributed by atoms with E-state index in [1.807, 2.05) is 49.6 Å². The van der Waals surface area contributed by atoms with Gasteiger partial charge in [0.1, 0.15) is 0 Å². The van der Waals surface area contributed by atoms with Crippen molar-refractivity contribution in [1.82, 2.24) is 5.43 Å². The minimum Gasteiger partial charge on any atom is -0.321 e. The van der Waals surface area contributed by atoms with E-state index in [4.69, 9.17) is 0 Å². The maximum atomic E-state index is 12.5. The first-order valence-corrected chi connectivity index (χ1v) is 9.55. The van der Waals surface area contributed by atoms with Gasteiger partial charge in [0.05, 0.1) is 10.6 Å². The number of benzene rings is 2. The first-order valence-electron chi connectivity index (χ1n) is 8.67. The van der Waals surface area contributed by atoms with E-state index in [0.29, 0.717) is 22.7 Å². The third-order valence-corrected chi connectivity index (χ3v) is 4.92. The number of hydrazine groups is 1. The van der Waals surface area contributed by atoms with Crippen molar-refractivity contribution in [1.29, 1.82) is 0 Å². The number of hydrogen-bond donors (Lipinski definition) is 2. The van der Waals surface area contributed by atoms with E-state index in [-0.39, 0.29) is 11.8 Å². The maximum Gasteiger partial charge on any atom is 0.269 e. The third-order valence-electron chi connectivity index (χ3n) is 4.05. The topological polar surface area (TPSA) is 61.4 Å². The molecule has 2 amide bonds. The molecule has 5 nitrogen and oxygen atoms in total. The van der Waals surface area contributed by atoms with Gasteiger partial charge in [-0.15, -0.1) is 11.3 Å². The van der Waals surface area contributed by atoms with Crippen molar-refractivity contribution in [3.8, 4) is 0 Å². The number of thiophene rings is 1. The lowest BCUT2D eigenvalue weighted by molar-refractivity contribution is 0.0948. The Morgan fingerprint density at radius 1 is 0.963 bits per heavy atom. The molecule has 2 N–H and O–H groups in total. The SMILES string of the molecule is CCN(NC(=O)c1ccc(NC(=O)c2cccs2)cc1)c1ccc(C)cc1. The van der Waals surface area contributed by atoms with Crippen LogP contribution < -0.4 is 15.8 Å². The number of carbonyl (C=O) groups is 2. The second-order valence-corrected chi connectivity index (χ2v) is 6.98. The zero-order chi connectivity index (χ0) is 19.2. The van der Waals surface area contributed by atoms with Crippen molar-refractivity contribution in [2.45, 2.75) is 13.8 Å². The molecular weight excluding hydrogens is 358 g/mol. The molecular formula is C21H21N3O2S. The summed E-state index contributed by atoms with van der Waals surface area (Å²) >= 11 is 1.38. The van der Waals surface area contributed by atoms with Crippen LogP contribution in [0.15, 0.2) is 66.0 Å². The Morgan fingerprint density at radius 3 is 2.26 bits per heavy atom. The van der Waals surface area contributed by atoms with Gasteiger partial charge in [-0.1, -0.05) is 23.8 Å². The van der Waals surface area contributed by atoms with Gasteiger partial charge in [0.2, 0.25) is 0 Å². The van der Waals surface area contributed by atoms with E-state index < -0.39 is 0 Å². The van der Waals surface area contributed by atoms with E-state index in [0.717, 1.165) is 5.69 Å². The van der Waals surface area contributed by atoms with E-state index in [1.165, 1.54) is 16.9 Å². The zero-order valence-corrected chi connectivity index (χ0v) is 16.0. The first-order chi connectivity index (χ1) is 13.1. The quantitative estimate of drug-likeness (QED) is 0.621. The van der Waals surface area contributed by atoms with Crippen LogP contribution in [0, 0.1) is 6.92 Å². The summed E-state index contributed by atoms with van der Waals surface area (Å²) in [5.41, 5.74) is 6.18. The molecule has 0 aliphatic rings. The Bertz CT molecular complexity index is 904. The van der Waals surface area contributed by atoms with Gasteiger partial charge in [0.15, 0.2) is 0 Å². The zero-order valence-electron chi connectivity index (χ0n) is 15.2. The van der Waals surface area contributed by atoms with Crippen molar-refractivity contribution < 1.29 is 9.59 Å². The number of nitrogens with zero attached hydrogens (tertiary/aromatic N) is 1. The summed E-state index contributed by atoms with van der Waals surface area (Å²) in [5.74, 6) is -0.354. The highest BCUT2D eigenvalue weighted by molar-refractivity contribution is 7.12. The van der Waals surface area contributed by atoms with Crippen molar-refractivity contribution in [2.24, 2.45) is 0 Å². The standard InChI is InChI=1S/C21H21N3O2S/c1-3-24(18-12-6-15(2)7-13-18)23-20(25)16-8-10-17(11-9-16)22-21(26)19-5-4-14-27-19/h4-14H,3H2,1-2H3,(H,22,26)(H,23,25). The van der Waals surface area contributed by atoms with Gasteiger partial charge < -0.3 is 5.32 Å². The van der Waals surface area contributed by atoms with Crippen LogP contribution in [0.5, 0.6) is 0 Å². The van der Waals surface area contributed by atoms with Gasteiger partial charge in [0.25, 0.3) is 11.8 Å². The lowest BCUT2D eigenvalue weighted by atomic mass is 10.2. The summed E-state index contributed by atoms with van der Waals surface area (Å²) in [6.07, 6.45) is 0.